The first kappa shape index (κ1) is 14.8. The maximum Gasteiger partial charge on any atom is 0.337 e. The van der Waals surface area contributed by atoms with Crippen molar-refractivity contribution in [1.82, 2.24) is 0 Å². The van der Waals surface area contributed by atoms with Crippen LogP contribution in [0.4, 0.5) is 10.1 Å². The second-order valence-corrected chi connectivity index (χ2v) is 5.10. The lowest BCUT2D eigenvalue weighted by Gasteiger charge is -2.10. The molecule has 3 aromatic rings. The zero-order chi connectivity index (χ0) is 16.6. The standard InChI is InChI=1S/C17H12FNO4/c1-9-2-3-14(12(6-9)17(21)22)19-16(20)13-8-11(18)7-10-4-5-23-15(10)13/h2-8H,1H3,(H,19,20)(H,21,22). The van der Waals surface area contributed by atoms with Crippen LogP contribution in [-0.4, -0.2) is 17.0 Å². The molecule has 0 aliphatic heterocycles. The summed E-state index contributed by atoms with van der Waals surface area (Å²) in [7, 11) is 0. The largest absolute Gasteiger partial charge is 0.478 e. The molecule has 0 atom stereocenters. The number of aryl methyl sites for hydroxylation is 1. The van der Waals surface area contributed by atoms with Crippen molar-refractivity contribution < 1.29 is 23.5 Å². The van der Waals surface area contributed by atoms with E-state index in [1.165, 1.54) is 24.5 Å². The monoisotopic (exact) mass is 313 g/mol. The molecule has 0 saturated carbocycles. The number of anilines is 1. The van der Waals surface area contributed by atoms with Crippen LogP contribution in [0, 0.1) is 12.7 Å². The number of benzene rings is 2. The zero-order valence-electron chi connectivity index (χ0n) is 12.1. The smallest absolute Gasteiger partial charge is 0.337 e. The Balaban J connectivity index is 2.02. The minimum Gasteiger partial charge on any atom is -0.478 e. The van der Waals surface area contributed by atoms with Crippen molar-refractivity contribution in [2.45, 2.75) is 6.92 Å². The van der Waals surface area contributed by atoms with E-state index < -0.39 is 17.7 Å². The number of nitrogens with one attached hydrogen (secondary N) is 1. The molecule has 0 bridgehead atoms. The van der Waals surface area contributed by atoms with Crippen LogP contribution in [-0.2, 0) is 0 Å². The summed E-state index contributed by atoms with van der Waals surface area (Å²) in [5.74, 6) is -2.38. The molecule has 0 radical (unpaired) electrons. The minimum absolute atomic E-state index is 0.00177. The van der Waals surface area contributed by atoms with E-state index >= 15 is 0 Å². The number of aromatic carboxylic acids is 1. The third kappa shape index (κ3) is 2.78. The van der Waals surface area contributed by atoms with Gasteiger partial charge in [-0.25, -0.2) is 9.18 Å². The Hall–Kier alpha value is -3.15. The number of hydrogen-bond donors (Lipinski definition) is 2. The van der Waals surface area contributed by atoms with E-state index in [0.29, 0.717) is 5.39 Å². The van der Waals surface area contributed by atoms with Crippen LogP contribution in [0.25, 0.3) is 11.0 Å². The first-order chi connectivity index (χ1) is 11.0. The molecular formula is C17H12FNO4. The minimum atomic E-state index is -1.16. The van der Waals surface area contributed by atoms with Crippen molar-refractivity contribution in [3.05, 3.63) is 65.2 Å². The van der Waals surface area contributed by atoms with Crippen molar-refractivity contribution in [2.24, 2.45) is 0 Å². The Bertz CT molecular complexity index is 929. The fraction of sp³-hybridized carbons (Fsp3) is 0.0588. The highest BCUT2D eigenvalue weighted by Gasteiger charge is 2.18. The number of rotatable bonds is 3. The van der Waals surface area contributed by atoms with Gasteiger partial charge in [0.05, 0.1) is 23.1 Å². The molecule has 0 aliphatic rings. The lowest BCUT2D eigenvalue weighted by molar-refractivity contribution is 0.0698. The SMILES string of the molecule is Cc1ccc(NC(=O)c2cc(F)cc3ccoc23)c(C(=O)O)c1. The van der Waals surface area contributed by atoms with Crippen molar-refractivity contribution in [1.29, 1.82) is 0 Å². The van der Waals surface area contributed by atoms with Gasteiger partial charge in [-0.3, -0.25) is 4.79 Å². The van der Waals surface area contributed by atoms with Crippen LogP contribution in [0.1, 0.15) is 26.3 Å². The second-order valence-electron chi connectivity index (χ2n) is 5.10. The van der Waals surface area contributed by atoms with E-state index in [-0.39, 0.29) is 22.4 Å². The summed E-state index contributed by atoms with van der Waals surface area (Å²) in [5, 5.41) is 12.2. The summed E-state index contributed by atoms with van der Waals surface area (Å²) in [6.45, 7) is 1.75. The highest BCUT2D eigenvalue weighted by Crippen LogP contribution is 2.24. The molecule has 1 amide bonds. The Kier molecular flexibility index (Phi) is 3.57. The summed E-state index contributed by atoms with van der Waals surface area (Å²) in [6.07, 6.45) is 1.36. The number of carboxylic acids is 1. The molecule has 2 N–H and O–H groups in total. The summed E-state index contributed by atoms with van der Waals surface area (Å²) in [4.78, 5) is 23.7. The van der Waals surface area contributed by atoms with Crippen LogP contribution in [0.2, 0.25) is 0 Å². The Labute approximate surface area is 130 Å². The third-order valence-electron chi connectivity index (χ3n) is 3.41. The lowest BCUT2D eigenvalue weighted by Crippen LogP contribution is -2.15. The molecule has 1 heterocycles. The van der Waals surface area contributed by atoms with Gasteiger partial charge in [-0.15, -0.1) is 0 Å². The van der Waals surface area contributed by atoms with Gasteiger partial charge in [0.2, 0.25) is 0 Å². The molecule has 6 heteroatoms. The highest BCUT2D eigenvalue weighted by molar-refractivity contribution is 6.13. The van der Waals surface area contributed by atoms with Crippen LogP contribution in [0.15, 0.2) is 47.1 Å². The molecule has 0 saturated heterocycles. The number of hydrogen-bond acceptors (Lipinski definition) is 3. The molecule has 0 fully saturated rings. The van der Waals surface area contributed by atoms with Gasteiger partial charge in [0.15, 0.2) is 0 Å². The van der Waals surface area contributed by atoms with E-state index in [2.05, 4.69) is 5.32 Å². The number of carboxylic acid groups (broad SMARTS) is 1. The maximum absolute atomic E-state index is 13.6. The first-order valence-electron chi connectivity index (χ1n) is 6.78. The second kappa shape index (κ2) is 5.57. The van der Waals surface area contributed by atoms with Crippen molar-refractivity contribution in [3.8, 4) is 0 Å². The van der Waals surface area contributed by atoms with Gasteiger partial charge in [-0.1, -0.05) is 11.6 Å². The van der Waals surface area contributed by atoms with Crippen LogP contribution in [0.5, 0.6) is 0 Å². The Morgan fingerprint density at radius 1 is 1.13 bits per heavy atom. The summed E-state index contributed by atoms with van der Waals surface area (Å²) < 4.78 is 18.8. The lowest BCUT2D eigenvalue weighted by atomic mass is 10.1. The van der Waals surface area contributed by atoms with Crippen LogP contribution >= 0.6 is 0 Å². The Morgan fingerprint density at radius 2 is 1.91 bits per heavy atom. The zero-order valence-corrected chi connectivity index (χ0v) is 12.1. The Morgan fingerprint density at radius 3 is 2.65 bits per heavy atom. The molecule has 3 rings (SSSR count). The fourth-order valence-electron chi connectivity index (χ4n) is 2.35. The molecule has 0 unspecified atom stereocenters. The number of furan rings is 1. The van der Waals surface area contributed by atoms with E-state index in [9.17, 15) is 19.1 Å². The van der Waals surface area contributed by atoms with Crippen molar-refractivity contribution >= 4 is 28.5 Å². The molecular weight excluding hydrogens is 301 g/mol. The van der Waals surface area contributed by atoms with Gasteiger partial charge in [0.1, 0.15) is 11.4 Å². The van der Waals surface area contributed by atoms with Gasteiger partial charge in [0.25, 0.3) is 5.91 Å². The molecule has 0 aliphatic carbocycles. The van der Waals surface area contributed by atoms with E-state index in [1.807, 2.05) is 0 Å². The number of carbonyl (C=O) groups excluding carboxylic acids is 1. The normalized spacial score (nSPS) is 10.7. The van der Waals surface area contributed by atoms with E-state index in [0.717, 1.165) is 11.6 Å². The summed E-state index contributed by atoms with van der Waals surface area (Å²) in [5.41, 5.74) is 1.09. The quantitative estimate of drug-likeness (QED) is 0.770. The maximum atomic E-state index is 13.6. The van der Waals surface area contributed by atoms with Gasteiger partial charge < -0.3 is 14.8 Å². The predicted octanol–water partition coefficient (Wildman–Crippen LogP) is 3.83. The van der Waals surface area contributed by atoms with Gasteiger partial charge in [-0.2, -0.15) is 0 Å². The van der Waals surface area contributed by atoms with Crippen molar-refractivity contribution in [2.75, 3.05) is 5.32 Å². The number of carbonyl (C=O) groups is 2. The number of halogens is 1. The average molecular weight is 313 g/mol. The summed E-state index contributed by atoms with van der Waals surface area (Å²) >= 11 is 0. The molecule has 1 aromatic heterocycles. The molecule has 5 nitrogen and oxygen atoms in total. The predicted molar refractivity (Wildman–Crippen MR) is 82.3 cm³/mol. The molecule has 23 heavy (non-hydrogen) atoms. The average Bonchev–Trinajstić information content (AvgIpc) is 2.95. The summed E-state index contributed by atoms with van der Waals surface area (Å²) in [6, 6.07) is 8.47. The molecule has 2 aromatic carbocycles. The van der Waals surface area contributed by atoms with E-state index in [1.54, 1.807) is 19.1 Å². The number of amides is 1. The van der Waals surface area contributed by atoms with Crippen LogP contribution < -0.4 is 5.32 Å². The molecule has 0 spiro atoms. The van der Waals surface area contributed by atoms with E-state index in [4.69, 9.17) is 4.42 Å². The highest BCUT2D eigenvalue weighted by atomic mass is 19.1. The van der Waals surface area contributed by atoms with Crippen molar-refractivity contribution in [3.63, 3.8) is 0 Å². The van der Waals surface area contributed by atoms with Gasteiger partial charge in [-0.05, 0) is 37.3 Å². The first-order valence-corrected chi connectivity index (χ1v) is 6.78. The fourth-order valence-corrected chi connectivity index (χ4v) is 2.35. The van der Waals surface area contributed by atoms with Gasteiger partial charge in [0, 0.05) is 5.39 Å². The third-order valence-corrected chi connectivity index (χ3v) is 3.41. The van der Waals surface area contributed by atoms with Crippen LogP contribution in [0.3, 0.4) is 0 Å². The molecule has 116 valence electrons. The topological polar surface area (TPSA) is 79.5 Å². The van der Waals surface area contributed by atoms with Gasteiger partial charge >= 0.3 is 5.97 Å². The number of fused-ring (bicyclic) bond motifs is 1.